The first-order valence-electron chi connectivity index (χ1n) is 6.01. The van der Waals surface area contributed by atoms with Gasteiger partial charge in [0.2, 0.25) is 0 Å². The zero-order chi connectivity index (χ0) is 14.8. The lowest BCUT2D eigenvalue weighted by Gasteiger charge is -2.08. The highest BCUT2D eigenvalue weighted by Crippen LogP contribution is 2.30. The second kappa shape index (κ2) is 5.93. The molecule has 0 atom stereocenters. The van der Waals surface area contributed by atoms with E-state index in [9.17, 15) is 4.39 Å². The van der Waals surface area contributed by atoms with Gasteiger partial charge in [0.15, 0.2) is 10.2 Å². The minimum absolute atomic E-state index is 0.273. The van der Waals surface area contributed by atoms with Crippen LogP contribution in [0.15, 0.2) is 42.5 Å². The van der Waals surface area contributed by atoms with Crippen molar-refractivity contribution in [2.45, 2.75) is 0 Å². The molecule has 0 saturated heterocycles. The molecule has 0 unspecified atom stereocenters. The molecule has 0 saturated carbocycles. The summed E-state index contributed by atoms with van der Waals surface area (Å²) in [6, 6.07) is 11.9. The van der Waals surface area contributed by atoms with Crippen LogP contribution in [0, 0.1) is 5.82 Å². The number of rotatable bonds is 2. The van der Waals surface area contributed by atoms with Crippen LogP contribution in [0.25, 0.3) is 10.2 Å². The average Bonchev–Trinajstić information content (AvgIpc) is 2.85. The second-order valence-corrected chi connectivity index (χ2v) is 6.01. The highest BCUT2D eigenvalue weighted by Gasteiger charge is 2.09. The third-order valence-electron chi connectivity index (χ3n) is 2.71. The average molecular weight is 338 g/mol. The Morgan fingerprint density at radius 3 is 2.71 bits per heavy atom. The van der Waals surface area contributed by atoms with Gasteiger partial charge in [-0.1, -0.05) is 41.1 Å². The number of hydrogen-bond acceptors (Lipinski definition) is 3. The minimum Gasteiger partial charge on any atom is -0.330 e. The van der Waals surface area contributed by atoms with Gasteiger partial charge in [-0.2, -0.15) is 0 Å². The molecule has 3 aromatic rings. The molecule has 0 aliphatic rings. The van der Waals surface area contributed by atoms with Crippen molar-refractivity contribution in [2.24, 2.45) is 0 Å². The number of thiocarbonyl (C=S) groups is 1. The standard InChI is InChI=1S/C14H9ClFN3S2/c15-8-4-3-7-11-12(8)18-14(21-11)19-13(20)17-10-6-2-1-5-9(10)16/h1-7H,(H2,17,18,19,20). The quantitative estimate of drug-likeness (QED) is 0.652. The van der Waals surface area contributed by atoms with Crippen molar-refractivity contribution in [2.75, 3.05) is 10.6 Å². The van der Waals surface area contributed by atoms with Gasteiger partial charge in [-0.05, 0) is 36.5 Å². The van der Waals surface area contributed by atoms with E-state index in [1.54, 1.807) is 24.3 Å². The maximum atomic E-state index is 13.5. The molecule has 0 spiro atoms. The van der Waals surface area contributed by atoms with Gasteiger partial charge in [0.1, 0.15) is 11.3 Å². The SMILES string of the molecule is Fc1ccccc1NC(=S)Nc1nc2c(Cl)cccc2s1. The molecule has 3 rings (SSSR count). The molecular formula is C14H9ClFN3S2. The van der Waals surface area contributed by atoms with E-state index < -0.39 is 0 Å². The van der Waals surface area contributed by atoms with E-state index >= 15 is 0 Å². The molecule has 21 heavy (non-hydrogen) atoms. The normalized spacial score (nSPS) is 10.6. The summed E-state index contributed by atoms with van der Waals surface area (Å²) < 4.78 is 14.5. The Labute approximate surface area is 134 Å². The van der Waals surface area contributed by atoms with Gasteiger partial charge in [-0.15, -0.1) is 0 Å². The first-order chi connectivity index (χ1) is 10.1. The van der Waals surface area contributed by atoms with Gasteiger partial charge < -0.3 is 10.6 Å². The Morgan fingerprint density at radius 2 is 1.95 bits per heavy atom. The molecule has 0 amide bonds. The first kappa shape index (κ1) is 14.2. The van der Waals surface area contributed by atoms with Crippen LogP contribution in [-0.2, 0) is 0 Å². The van der Waals surface area contributed by atoms with Gasteiger partial charge >= 0.3 is 0 Å². The molecule has 1 aromatic heterocycles. The Hall–Kier alpha value is -1.76. The Bertz CT molecular complexity index is 819. The van der Waals surface area contributed by atoms with E-state index in [1.807, 2.05) is 12.1 Å². The zero-order valence-electron chi connectivity index (χ0n) is 10.6. The molecule has 0 aliphatic carbocycles. The molecule has 0 bridgehead atoms. The molecule has 0 radical (unpaired) electrons. The molecule has 1 heterocycles. The summed E-state index contributed by atoms with van der Waals surface area (Å²) in [6.45, 7) is 0. The van der Waals surface area contributed by atoms with Crippen molar-refractivity contribution < 1.29 is 4.39 Å². The summed E-state index contributed by atoms with van der Waals surface area (Å²) in [5.74, 6) is -0.367. The van der Waals surface area contributed by atoms with E-state index in [-0.39, 0.29) is 10.9 Å². The van der Waals surface area contributed by atoms with E-state index in [0.29, 0.717) is 15.8 Å². The van der Waals surface area contributed by atoms with Crippen LogP contribution in [-0.4, -0.2) is 10.1 Å². The number of nitrogens with zero attached hydrogens (tertiary/aromatic N) is 1. The summed E-state index contributed by atoms with van der Waals surface area (Å²) in [7, 11) is 0. The second-order valence-electron chi connectivity index (χ2n) is 4.16. The highest BCUT2D eigenvalue weighted by molar-refractivity contribution is 7.80. The summed E-state index contributed by atoms with van der Waals surface area (Å²) in [5, 5.41) is 7.20. The summed E-state index contributed by atoms with van der Waals surface area (Å²) in [6.07, 6.45) is 0. The number of aromatic nitrogens is 1. The summed E-state index contributed by atoms with van der Waals surface area (Å²) in [4.78, 5) is 4.37. The van der Waals surface area contributed by atoms with Crippen LogP contribution in [0.5, 0.6) is 0 Å². The molecule has 0 aliphatic heterocycles. The Morgan fingerprint density at radius 1 is 1.14 bits per heavy atom. The molecule has 7 heteroatoms. The minimum atomic E-state index is -0.367. The number of thiazole rings is 1. The van der Waals surface area contributed by atoms with Gasteiger partial charge in [-0.25, -0.2) is 9.37 Å². The Balaban J connectivity index is 1.77. The number of nitrogens with one attached hydrogen (secondary N) is 2. The molecule has 2 N–H and O–H groups in total. The fraction of sp³-hybridized carbons (Fsp3) is 0. The van der Waals surface area contributed by atoms with Crippen LogP contribution >= 0.6 is 35.2 Å². The van der Waals surface area contributed by atoms with Crippen LogP contribution in [0.4, 0.5) is 15.2 Å². The summed E-state index contributed by atoms with van der Waals surface area (Å²) >= 11 is 12.7. The van der Waals surface area contributed by atoms with Crippen molar-refractivity contribution >= 4 is 61.3 Å². The first-order valence-corrected chi connectivity index (χ1v) is 7.61. The van der Waals surface area contributed by atoms with Crippen molar-refractivity contribution in [1.82, 2.24) is 4.98 Å². The van der Waals surface area contributed by atoms with Gasteiger partial charge in [0.25, 0.3) is 0 Å². The largest absolute Gasteiger partial charge is 0.330 e. The molecule has 106 valence electrons. The van der Waals surface area contributed by atoms with Gasteiger partial charge in [-0.3, -0.25) is 0 Å². The molecule has 2 aromatic carbocycles. The Kier molecular flexibility index (Phi) is 4.01. The van der Waals surface area contributed by atoms with E-state index in [1.165, 1.54) is 17.4 Å². The maximum absolute atomic E-state index is 13.5. The predicted molar refractivity (Wildman–Crippen MR) is 90.9 cm³/mol. The fourth-order valence-corrected chi connectivity index (χ4v) is 3.22. The number of fused-ring (bicyclic) bond motifs is 1. The predicted octanol–water partition coefficient (Wildman–Crippen LogP) is 4.90. The number of para-hydroxylation sites is 2. The third-order valence-corrected chi connectivity index (χ3v) is 4.16. The molecule has 0 fully saturated rings. The lowest BCUT2D eigenvalue weighted by Crippen LogP contribution is -2.19. The van der Waals surface area contributed by atoms with Crippen LogP contribution in [0.1, 0.15) is 0 Å². The highest BCUT2D eigenvalue weighted by atomic mass is 35.5. The topological polar surface area (TPSA) is 37.0 Å². The fourth-order valence-electron chi connectivity index (χ4n) is 1.78. The monoisotopic (exact) mass is 337 g/mol. The zero-order valence-corrected chi connectivity index (χ0v) is 13.0. The van der Waals surface area contributed by atoms with E-state index in [2.05, 4.69) is 15.6 Å². The van der Waals surface area contributed by atoms with Crippen LogP contribution in [0.3, 0.4) is 0 Å². The van der Waals surface area contributed by atoms with E-state index in [0.717, 1.165) is 10.2 Å². The maximum Gasteiger partial charge on any atom is 0.190 e. The molecule has 3 nitrogen and oxygen atoms in total. The third kappa shape index (κ3) is 3.12. The number of benzene rings is 2. The number of hydrogen-bond donors (Lipinski definition) is 2. The van der Waals surface area contributed by atoms with Gasteiger partial charge in [0, 0.05) is 0 Å². The van der Waals surface area contributed by atoms with Crippen molar-refractivity contribution in [3.05, 3.63) is 53.3 Å². The number of anilines is 2. The van der Waals surface area contributed by atoms with E-state index in [4.69, 9.17) is 23.8 Å². The lowest BCUT2D eigenvalue weighted by atomic mass is 10.3. The van der Waals surface area contributed by atoms with Crippen molar-refractivity contribution in [3.8, 4) is 0 Å². The van der Waals surface area contributed by atoms with Crippen LogP contribution in [0.2, 0.25) is 5.02 Å². The smallest absolute Gasteiger partial charge is 0.190 e. The van der Waals surface area contributed by atoms with Crippen molar-refractivity contribution in [1.29, 1.82) is 0 Å². The van der Waals surface area contributed by atoms with Crippen molar-refractivity contribution in [3.63, 3.8) is 0 Å². The van der Waals surface area contributed by atoms with Crippen LogP contribution < -0.4 is 10.6 Å². The van der Waals surface area contributed by atoms with Gasteiger partial charge in [0.05, 0.1) is 15.4 Å². The molecular weight excluding hydrogens is 329 g/mol. The summed E-state index contributed by atoms with van der Waals surface area (Å²) in [5.41, 5.74) is 1.04. The lowest BCUT2D eigenvalue weighted by molar-refractivity contribution is 0.632. The number of halogens is 2.